The molecule has 20 rings (SSSR count). The van der Waals surface area contributed by atoms with E-state index in [-0.39, 0.29) is 80.1 Å². The van der Waals surface area contributed by atoms with Crippen LogP contribution in [0.15, 0.2) is 218 Å². The van der Waals surface area contributed by atoms with Crippen LogP contribution in [0.5, 0.6) is 0 Å². The molecule has 0 saturated heterocycles. The number of ketones is 2. The number of rotatable bonds is 8. The summed E-state index contributed by atoms with van der Waals surface area (Å²) in [5.41, 5.74) is 32.1. The van der Waals surface area contributed by atoms with Crippen molar-refractivity contribution in [2.45, 2.75) is 34.1 Å². The molecule has 6 atom stereocenters. The normalized spacial score (nSPS) is 18.5. The Morgan fingerprint density at radius 2 is 0.533 bits per heavy atom. The zero-order valence-electron chi connectivity index (χ0n) is 57.6. The molecule has 8 aliphatic rings. The molecule has 2 saturated carbocycles. The fraction of sp³-hybridized carbons (Fsp3) is 0.118. The van der Waals surface area contributed by atoms with Crippen LogP contribution < -0.4 is 19.9 Å². The number of hydrogen-bond donors (Lipinski definition) is 0. The van der Waals surface area contributed by atoms with Crippen molar-refractivity contribution in [2.24, 2.45) is 35.5 Å². The molecule has 10 heterocycles. The Balaban J connectivity index is 0.00000392. The van der Waals surface area contributed by atoms with Gasteiger partial charge in [0.15, 0.2) is 11.6 Å². The first-order valence-corrected chi connectivity index (χ1v) is 35.5. The first-order valence-electron chi connectivity index (χ1n) is 35.5. The van der Waals surface area contributed by atoms with Crippen molar-refractivity contribution in [2.75, 3.05) is 0 Å². The van der Waals surface area contributed by atoms with E-state index in [1.807, 2.05) is 36.4 Å². The molecule has 4 unspecified atom stereocenters. The van der Waals surface area contributed by atoms with Crippen LogP contribution in [-0.4, -0.2) is 31.5 Å². The van der Waals surface area contributed by atoms with Gasteiger partial charge in [-0.05, 0) is 184 Å². The van der Waals surface area contributed by atoms with E-state index in [1.165, 1.54) is 22.3 Å². The maximum absolute atomic E-state index is 15.2. The van der Waals surface area contributed by atoms with E-state index in [0.29, 0.717) is 0 Å². The Bertz CT molecular complexity index is 5770. The fourth-order valence-electron chi connectivity index (χ4n) is 17.4. The zero-order valence-corrected chi connectivity index (χ0v) is 59.6. The minimum absolute atomic E-state index is 0. The molecule has 2 fully saturated rings. The number of aryl methyl sites for hydroxylation is 4. The summed E-state index contributed by atoms with van der Waals surface area (Å²) in [7, 11) is 0. The van der Waals surface area contributed by atoms with Gasteiger partial charge in [0.05, 0.1) is 45.6 Å². The van der Waals surface area contributed by atoms with Gasteiger partial charge >= 0.3 is 33.0 Å². The predicted octanol–water partition coefficient (Wildman–Crippen LogP) is 20.1. The van der Waals surface area contributed by atoms with Gasteiger partial charge in [0.1, 0.15) is 0 Å². The Labute approximate surface area is 627 Å². The van der Waals surface area contributed by atoms with Crippen LogP contribution in [0.25, 0.3) is 171 Å². The molecule has 12 heteroatoms. The van der Waals surface area contributed by atoms with Crippen molar-refractivity contribution < 1.29 is 42.6 Å². The minimum Gasteiger partial charge on any atom is -0.657 e. The van der Waals surface area contributed by atoms with E-state index >= 15 is 9.59 Å². The van der Waals surface area contributed by atoms with Crippen LogP contribution in [0.3, 0.4) is 0 Å². The number of Topliss-reactive ketones (excluding diaryl/α,β-unsaturated/α-hetero) is 2. The molecule has 0 N–H and O–H groups in total. The summed E-state index contributed by atoms with van der Waals surface area (Å²) in [4.78, 5) is 72.9. The van der Waals surface area contributed by atoms with E-state index < -0.39 is 0 Å². The molecule has 10 nitrogen and oxygen atoms in total. The number of aromatic nitrogens is 8. The van der Waals surface area contributed by atoms with E-state index in [1.54, 1.807) is 0 Å². The van der Waals surface area contributed by atoms with Gasteiger partial charge in [-0.15, -0.1) is 44.1 Å². The molecular formula is C93H64N8Ni2O2. The van der Waals surface area contributed by atoms with Crippen molar-refractivity contribution in [1.29, 1.82) is 0 Å². The van der Waals surface area contributed by atoms with Gasteiger partial charge in [0.2, 0.25) is 0 Å². The van der Waals surface area contributed by atoms with Crippen LogP contribution in [-0.2, 0) is 42.6 Å². The Hall–Kier alpha value is -11.7. The molecule has 18 bridgehead atoms. The molecule has 6 aromatic carbocycles. The summed E-state index contributed by atoms with van der Waals surface area (Å²) in [6, 6.07) is 71.5. The van der Waals surface area contributed by atoms with Crippen LogP contribution in [0.4, 0.5) is 0 Å². The fourth-order valence-corrected chi connectivity index (χ4v) is 17.4. The van der Waals surface area contributed by atoms with E-state index in [0.717, 1.165) is 185 Å². The maximum Gasteiger partial charge on any atom is 2.00 e. The quantitative estimate of drug-likeness (QED) is 0.135. The Morgan fingerprint density at radius 1 is 0.286 bits per heavy atom. The van der Waals surface area contributed by atoms with Crippen molar-refractivity contribution >= 4 is 115 Å². The molecular weight excluding hydrogens is 1380 g/mol. The molecule has 6 aromatic heterocycles. The number of hydrogen-bond acceptors (Lipinski definition) is 6. The molecule has 4 aliphatic heterocycles. The number of carbonyl (C=O) groups excluding carboxylic acids is 2. The summed E-state index contributed by atoms with van der Waals surface area (Å²) in [5.74, 6) is 0.0588. The van der Waals surface area contributed by atoms with Crippen LogP contribution >= 0.6 is 0 Å². The molecule has 0 spiro atoms. The second-order valence-corrected chi connectivity index (χ2v) is 28.7. The van der Waals surface area contributed by atoms with Gasteiger partial charge in [0, 0.05) is 23.0 Å². The van der Waals surface area contributed by atoms with Crippen molar-refractivity contribution in [1.82, 2.24) is 39.9 Å². The van der Waals surface area contributed by atoms with Gasteiger partial charge in [-0.25, -0.2) is 19.9 Å². The second kappa shape index (κ2) is 25.6. The van der Waals surface area contributed by atoms with Gasteiger partial charge in [0.25, 0.3) is 0 Å². The Morgan fingerprint density at radius 3 is 0.838 bits per heavy atom. The smallest absolute Gasteiger partial charge is 0.657 e. The van der Waals surface area contributed by atoms with Crippen molar-refractivity contribution in [3.8, 4) is 66.8 Å². The van der Waals surface area contributed by atoms with Crippen LogP contribution in [0.2, 0.25) is 0 Å². The Kier molecular flexibility index (Phi) is 16.0. The molecule has 0 radical (unpaired) electrons. The first kappa shape index (κ1) is 65.4. The third kappa shape index (κ3) is 11.1. The average molecular weight is 1440 g/mol. The monoisotopic (exact) mass is 1440 g/mol. The SMILES string of the molecule is Cc1ccc(-c2c3nc(c(-c4ccc(C5=CC6C(C5=O)[C@H]5C[C@@H]6C6C(=O)C(c7ccc(-c8c9nc(c(-c%10ccc(C)cc%10)c%10ccc(cc%11nc(c(-c%12ccc(C)cc%12)c%12ccc8[n-]%12)C=C%11)[n-]%10)C=C9)cc7)=CC65)cc4)c4ccc([n-]4)c(-c4ccc(C)cc4)c4nc(cc5ccc2[n-]5)C=C4)C=C3)cc1.[Ni+2].[Ni+2]. The number of benzene rings is 6. The largest absolute Gasteiger partial charge is 2.00 e. The van der Waals surface area contributed by atoms with E-state index in [4.69, 9.17) is 39.9 Å². The summed E-state index contributed by atoms with van der Waals surface area (Å²) in [6.45, 7) is 8.38. The molecule has 4 aliphatic carbocycles. The predicted molar refractivity (Wildman–Crippen MR) is 417 cm³/mol. The van der Waals surface area contributed by atoms with Crippen molar-refractivity contribution in [3.63, 3.8) is 0 Å². The van der Waals surface area contributed by atoms with E-state index in [9.17, 15) is 0 Å². The summed E-state index contributed by atoms with van der Waals surface area (Å²) >= 11 is 0. The standard InChI is InChI=1S/C93H64N8O2.2Ni/c1-50-5-13-56(14-6-50)84-72-33-29-62(94-72)45-63-30-34-73(95-63)85(57-15-7-51(2)8-16-57)77-38-42-81(99-77)88(80-41-37-76(84)98-80)60-25-21-54(22-26-60)66-47-68-70-49-71(90(68)92(66)102)69-48-67(93(103)91(69)70)55-23-27-61(28-24-55)89-82-43-39-78(100-82)86(58-17-9-52(3)10-18-58)74-35-31-64(96-74)46-65-32-36-75(97-65)87(79-40-44-83(89)101-79)59-19-11-53(4)12-20-59;;/h5-48,68-71,90-91H,49H2,1-4H3;;/q-4;2*+2/t68?,69?,70-,71-,90?,91?;;/m0../s1. The summed E-state index contributed by atoms with van der Waals surface area (Å²) < 4.78 is 0. The number of allylic oxidation sites excluding steroid dienone is 4. The van der Waals surface area contributed by atoms with Gasteiger partial charge in [-0.1, -0.05) is 241 Å². The minimum atomic E-state index is -0.187. The number of nitrogens with zero attached hydrogens (tertiary/aromatic N) is 8. The molecule has 0 amide bonds. The zero-order chi connectivity index (χ0) is 68.9. The maximum atomic E-state index is 15.2. The van der Waals surface area contributed by atoms with Crippen LogP contribution in [0, 0.1) is 63.2 Å². The first-order chi connectivity index (χ1) is 50.4. The number of carbonyl (C=O) groups is 2. The number of fused-ring (bicyclic) bond motifs is 24. The summed E-state index contributed by atoms with van der Waals surface area (Å²) in [5, 5.41) is 0. The summed E-state index contributed by atoms with van der Waals surface area (Å²) in [6.07, 6.45) is 21.9. The topological polar surface area (TPSA) is 142 Å². The van der Waals surface area contributed by atoms with Crippen molar-refractivity contribution in [3.05, 3.63) is 297 Å². The molecule has 12 aromatic rings. The molecule has 508 valence electrons. The third-order valence-electron chi connectivity index (χ3n) is 22.3. The van der Waals surface area contributed by atoms with Crippen LogP contribution in [0.1, 0.15) is 85.4 Å². The third-order valence-corrected chi connectivity index (χ3v) is 22.3. The average Bonchev–Trinajstić information content (AvgIpc) is 1.53. The molecule has 105 heavy (non-hydrogen) atoms. The van der Waals surface area contributed by atoms with Gasteiger partial charge in [-0.3, -0.25) is 9.59 Å². The van der Waals surface area contributed by atoms with Gasteiger partial charge in [-0.2, -0.15) is 0 Å². The second-order valence-electron chi connectivity index (χ2n) is 28.7. The van der Waals surface area contributed by atoms with E-state index in [2.05, 4.69) is 258 Å². The van der Waals surface area contributed by atoms with Gasteiger partial charge < -0.3 is 19.9 Å².